The third-order valence-electron chi connectivity index (χ3n) is 1.66. The van der Waals surface area contributed by atoms with Crippen LogP contribution in [0.25, 0.3) is 0 Å². The van der Waals surface area contributed by atoms with Gasteiger partial charge in [0, 0.05) is 0 Å². The van der Waals surface area contributed by atoms with Gasteiger partial charge in [0.2, 0.25) is 0 Å². The summed E-state index contributed by atoms with van der Waals surface area (Å²) in [5.74, 6) is 0. The van der Waals surface area contributed by atoms with E-state index < -0.39 is 17.3 Å². The van der Waals surface area contributed by atoms with E-state index in [0.29, 0.717) is 4.17 Å². The number of hydrogen-bond donors (Lipinski definition) is 0. The van der Waals surface area contributed by atoms with Crippen LogP contribution in [0.5, 0.6) is 0 Å². The van der Waals surface area contributed by atoms with Crippen LogP contribution in [-0.2, 0) is 22.1 Å². The first-order valence-corrected chi connectivity index (χ1v) is 9.25. The molecular weight excluding hydrogens is 331 g/mol. The van der Waals surface area contributed by atoms with Crippen molar-refractivity contribution in [2.45, 2.75) is 17.0 Å². The van der Waals surface area contributed by atoms with Crippen LogP contribution in [-0.4, -0.2) is 4.17 Å². The second kappa shape index (κ2) is 4.00. The monoisotopic (exact) mass is 344 g/mol. The summed E-state index contributed by atoms with van der Waals surface area (Å²) >= 11 is -1.35. The summed E-state index contributed by atoms with van der Waals surface area (Å²) in [7, 11) is 0. The molecule has 1 aliphatic rings. The standard InChI is InChI=1S/C8H7O.2CH3.Pt/c1-7(6-9)8-4-2-3-5-8;;;/h2-4H,1,5H2;2*1H3;. The molecule has 0 aromatic carbocycles. The molecule has 1 rings (SSSR count). The number of allylic oxidation sites excluding steroid dienone is 5. The molecule has 0 saturated heterocycles. The maximum absolute atomic E-state index is 11.5. The molecule has 0 atom stereocenters. The van der Waals surface area contributed by atoms with E-state index in [-0.39, 0.29) is 0 Å². The predicted octanol–water partition coefficient (Wildman–Crippen LogP) is 2.67. The molecule has 0 spiro atoms. The minimum atomic E-state index is -1.35. The second-order valence-electron chi connectivity index (χ2n) is 2.68. The van der Waals surface area contributed by atoms with Crippen molar-refractivity contribution >= 4 is 4.17 Å². The first kappa shape index (κ1) is 9.66. The molecule has 0 aromatic rings. The Kier molecular flexibility index (Phi) is 3.22. The molecule has 2 heteroatoms. The molecule has 0 amide bonds. The first-order chi connectivity index (χ1) is 5.63. The molecule has 0 bridgehead atoms. The zero-order valence-corrected chi connectivity index (χ0v) is 9.64. The normalized spacial score (nSPS) is 15.8. The molecule has 0 heterocycles. The molecule has 1 aliphatic carbocycles. The van der Waals surface area contributed by atoms with E-state index in [2.05, 4.69) is 23.3 Å². The van der Waals surface area contributed by atoms with E-state index in [9.17, 15) is 4.79 Å². The van der Waals surface area contributed by atoms with Crippen LogP contribution in [0.3, 0.4) is 0 Å². The summed E-state index contributed by atoms with van der Waals surface area (Å²) in [4.78, 5) is 11.5. The Bertz CT molecular complexity index is 272. The van der Waals surface area contributed by atoms with Crippen LogP contribution < -0.4 is 0 Å². The van der Waals surface area contributed by atoms with Crippen LogP contribution in [0, 0.1) is 0 Å². The zero-order chi connectivity index (χ0) is 9.14. The Labute approximate surface area is 79.4 Å². The van der Waals surface area contributed by atoms with Gasteiger partial charge in [0.05, 0.1) is 0 Å². The van der Waals surface area contributed by atoms with Gasteiger partial charge in [-0.1, -0.05) is 0 Å². The minimum absolute atomic E-state index is 0.315. The number of carbonyl (C=O) groups excluding carboxylic acids is 1. The van der Waals surface area contributed by atoms with Gasteiger partial charge in [-0.25, -0.2) is 0 Å². The molecule has 0 N–H and O–H groups in total. The second-order valence-corrected chi connectivity index (χ2v) is 8.26. The van der Waals surface area contributed by atoms with Gasteiger partial charge in [0.1, 0.15) is 0 Å². The predicted molar refractivity (Wildman–Crippen MR) is 47.7 cm³/mol. The zero-order valence-electron chi connectivity index (χ0n) is 7.37. The van der Waals surface area contributed by atoms with Crippen LogP contribution in [0.15, 0.2) is 36.0 Å². The Balaban J connectivity index is 2.66. The quantitative estimate of drug-likeness (QED) is 0.720. The van der Waals surface area contributed by atoms with Crippen LogP contribution in [0.4, 0.5) is 0 Å². The fourth-order valence-corrected chi connectivity index (χ4v) is 2.71. The average Bonchev–Trinajstić information content (AvgIpc) is 2.53. The molecule has 0 aromatic heterocycles. The van der Waals surface area contributed by atoms with E-state index in [1.165, 1.54) is 0 Å². The topological polar surface area (TPSA) is 17.1 Å². The molecule has 0 saturated carbocycles. The summed E-state index contributed by atoms with van der Waals surface area (Å²) in [6.45, 7) is 3.84. The van der Waals surface area contributed by atoms with Crippen molar-refractivity contribution in [3.8, 4) is 0 Å². The third-order valence-corrected chi connectivity index (χ3v) is 4.41. The summed E-state index contributed by atoms with van der Waals surface area (Å²) < 4.78 is 0.315. The van der Waals surface area contributed by atoms with Crippen molar-refractivity contribution < 1.29 is 22.1 Å². The SMILES string of the molecule is C=C([C](=O)[Pt]([CH3])[CH3])C1=CC=CC1. The van der Waals surface area contributed by atoms with Gasteiger partial charge < -0.3 is 0 Å². The molecule has 0 aliphatic heterocycles. The number of hydrogen-bond acceptors (Lipinski definition) is 1. The van der Waals surface area contributed by atoms with Crippen LogP contribution in [0.1, 0.15) is 6.42 Å². The van der Waals surface area contributed by atoms with Crippen molar-refractivity contribution in [2.75, 3.05) is 0 Å². The third kappa shape index (κ3) is 2.04. The molecule has 0 unspecified atom stereocenters. The van der Waals surface area contributed by atoms with E-state index in [4.69, 9.17) is 0 Å². The van der Waals surface area contributed by atoms with E-state index in [0.717, 1.165) is 17.6 Å². The summed E-state index contributed by atoms with van der Waals surface area (Å²) in [6, 6.07) is 0. The van der Waals surface area contributed by atoms with E-state index >= 15 is 0 Å². The van der Waals surface area contributed by atoms with Crippen molar-refractivity contribution in [2.24, 2.45) is 0 Å². The van der Waals surface area contributed by atoms with Crippen LogP contribution >= 0.6 is 0 Å². The van der Waals surface area contributed by atoms with Gasteiger partial charge in [0.25, 0.3) is 0 Å². The summed E-state index contributed by atoms with van der Waals surface area (Å²) in [6.07, 6.45) is 6.91. The molecule has 0 radical (unpaired) electrons. The Morgan fingerprint density at radius 2 is 2.25 bits per heavy atom. The first-order valence-electron chi connectivity index (χ1n) is 3.57. The van der Waals surface area contributed by atoms with Crippen molar-refractivity contribution in [1.82, 2.24) is 0 Å². The van der Waals surface area contributed by atoms with Crippen LogP contribution in [0.2, 0.25) is 10.6 Å². The molecule has 1 nitrogen and oxygen atoms in total. The average molecular weight is 344 g/mol. The Morgan fingerprint density at radius 1 is 1.58 bits per heavy atom. The fraction of sp³-hybridized carbons (Fsp3) is 0.300. The van der Waals surface area contributed by atoms with Gasteiger partial charge in [-0.3, -0.25) is 0 Å². The fourth-order valence-electron chi connectivity index (χ4n) is 0.978. The van der Waals surface area contributed by atoms with Gasteiger partial charge >= 0.3 is 79.3 Å². The van der Waals surface area contributed by atoms with E-state index in [1.807, 2.05) is 12.2 Å². The summed E-state index contributed by atoms with van der Waals surface area (Å²) in [5.41, 5.74) is 1.85. The maximum atomic E-state index is 11.5. The molecule has 0 fully saturated rings. The Hall–Kier alpha value is -0.422. The number of rotatable bonds is 3. The van der Waals surface area contributed by atoms with E-state index in [1.54, 1.807) is 0 Å². The van der Waals surface area contributed by atoms with Gasteiger partial charge in [-0.15, -0.1) is 0 Å². The van der Waals surface area contributed by atoms with Gasteiger partial charge in [-0.2, -0.15) is 0 Å². The van der Waals surface area contributed by atoms with Crippen molar-refractivity contribution in [3.05, 3.63) is 36.0 Å². The van der Waals surface area contributed by atoms with Gasteiger partial charge in [0.15, 0.2) is 0 Å². The summed E-state index contributed by atoms with van der Waals surface area (Å²) in [5, 5.41) is 4.11. The Morgan fingerprint density at radius 3 is 2.67 bits per heavy atom. The molecular formula is C10H13OPt. The number of carbonyl (C=O) groups is 1. The molecule has 69 valence electrons. The van der Waals surface area contributed by atoms with Crippen molar-refractivity contribution in [3.63, 3.8) is 0 Å². The molecule has 12 heavy (non-hydrogen) atoms. The van der Waals surface area contributed by atoms with Crippen molar-refractivity contribution in [1.29, 1.82) is 0 Å². The van der Waals surface area contributed by atoms with Gasteiger partial charge in [-0.05, 0) is 0 Å².